The van der Waals surface area contributed by atoms with Crippen molar-refractivity contribution >= 4 is 50.9 Å². The Morgan fingerprint density at radius 2 is 2.10 bits per heavy atom. The lowest BCUT2D eigenvalue weighted by molar-refractivity contribution is -0.113. The zero-order valence-electron chi connectivity index (χ0n) is 10.9. The highest BCUT2D eigenvalue weighted by molar-refractivity contribution is 9.10. The summed E-state index contributed by atoms with van der Waals surface area (Å²) in [5.41, 5.74) is 1.63. The van der Waals surface area contributed by atoms with Gasteiger partial charge in [0.15, 0.2) is 0 Å². The summed E-state index contributed by atoms with van der Waals surface area (Å²) in [5.74, 6) is 0.541. The molecule has 0 unspecified atom stereocenters. The first-order valence-corrected chi connectivity index (χ1v) is 8.44. The SMILES string of the molecule is O=C(CSCc1cccc(Cl)c1)Nc1ccc(F)cc1Br. The van der Waals surface area contributed by atoms with Gasteiger partial charge >= 0.3 is 0 Å². The summed E-state index contributed by atoms with van der Waals surface area (Å²) in [7, 11) is 0. The number of anilines is 1. The predicted molar refractivity (Wildman–Crippen MR) is 90.3 cm³/mol. The Labute approximate surface area is 140 Å². The first kappa shape index (κ1) is 16.3. The van der Waals surface area contributed by atoms with E-state index in [1.807, 2.05) is 24.3 Å². The highest BCUT2D eigenvalue weighted by Crippen LogP contribution is 2.23. The Kier molecular flexibility index (Phi) is 6.08. The van der Waals surface area contributed by atoms with E-state index in [0.29, 0.717) is 26.7 Å². The molecule has 0 aliphatic heterocycles. The van der Waals surface area contributed by atoms with Gasteiger partial charge in [0.05, 0.1) is 11.4 Å². The van der Waals surface area contributed by atoms with E-state index in [0.717, 1.165) is 5.56 Å². The van der Waals surface area contributed by atoms with Gasteiger partial charge in [-0.1, -0.05) is 23.7 Å². The molecule has 110 valence electrons. The Morgan fingerprint density at radius 3 is 2.81 bits per heavy atom. The third-order valence-electron chi connectivity index (χ3n) is 2.60. The summed E-state index contributed by atoms with van der Waals surface area (Å²) < 4.78 is 13.5. The highest BCUT2D eigenvalue weighted by atomic mass is 79.9. The molecule has 0 spiro atoms. The van der Waals surface area contributed by atoms with Crippen LogP contribution in [0.4, 0.5) is 10.1 Å². The Morgan fingerprint density at radius 1 is 1.29 bits per heavy atom. The van der Waals surface area contributed by atoms with Crippen LogP contribution in [0.2, 0.25) is 5.02 Å². The van der Waals surface area contributed by atoms with Gasteiger partial charge in [0.2, 0.25) is 5.91 Å². The van der Waals surface area contributed by atoms with Crippen molar-refractivity contribution in [3.05, 3.63) is 63.3 Å². The number of hydrogen-bond donors (Lipinski definition) is 1. The Balaban J connectivity index is 1.82. The van der Waals surface area contributed by atoms with Crippen molar-refractivity contribution in [2.75, 3.05) is 11.1 Å². The average Bonchev–Trinajstić information content (AvgIpc) is 2.42. The molecule has 0 aliphatic rings. The van der Waals surface area contributed by atoms with Crippen LogP contribution in [0.25, 0.3) is 0 Å². The fourth-order valence-corrected chi connectivity index (χ4v) is 3.10. The van der Waals surface area contributed by atoms with Crippen LogP contribution in [0.15, 0.2) is 46.9 Å². The lowest BCUT2D eigenvalue weighted by Crippen LogP contribution is -2.14. The molecule has 0 bridgehead atoms. The fraction of sp³-hybridized carbons (Fsp3) is 0.133. The molecule has 0 aromatic heterocycles. The number of carbonyl (C=O) groups is 1. The lowest BCUT2D eigenvalue weighted by Gasteiger charge is -2.07. The molecule has 1 amide bonds. The largest absolute Gasteiger partial charge is 0.324 e. The number of thioether (sulfide) groups is 1. The van der Waals surface area contributed by atoms with Crippen LogP contribution in [-0.2, 0) is 10.5 Å². The third-order valence-corrected chi connectivity index (χ3v) is 4.49. The smallest absolute Gasteiger partial charge is 0.234 e. The molecule has 0 heterocycles. The van der Waals surface area contributed by atoms with E-state index in [-0.39, 0.29) is 11.7 Å². The van der Waals surface area contributed by atoms with E-state index in [4.69, 9.17) is 11.6 Å². The summed E-state index contributed by atoms with van der Waals surface area (Å²) in [4.78, 5) is 11.8. The van der Waals surface area contributed by atoms with Gasteiger partial charge in [-0.2, -0.15) is 0 Å². The van der Waals surface area contributed by atoms with Gasteiger partial charge < -0.3 is 5.32 Å². The Hall–Kier alpha value is -1.04. The number of rotatable bonds is 5. The predicted octanol–water partition coefficient (Wildman–Crippen LogP) is 5.11. The fourth-order valence-electron chi connectivity index (χ4n) is 1.67. The van der Waals surface area contributed by atoms with Gasteiger partial charge in [0, 0.05) is 15.2 Å². The molecule has 0 atom stereocenters. The number of nitrogens with one attached hydrogen (secondary N) is 1. The molecule has 2 nitrogen and oxygen atoms in total. The number of amides is 1. The van der Waals surface area contributed by atoms with Crippen LogP contribution in [0.3, 0.4) is 0 Å². The lowest BCUT2D eigenvalue weighted by atomic mass is 10.2. The van der Waals surface area contributed by atoms with Crippen molar-refractivity contribution in [3.8, 4) is 0 Å². The third kappa shape index (κ3) is 5.34. The van der Waals surface area contributed by atoms with Gasteiger partial charge in [-0.05, 0) is 51.8 Å². The first-order chi connectivity index (χ1) is 10.0. The second-order valence-electron chi connectivity index (χ2n) is 4.30. The van der Waals surface area contributed by atoms with Crippen LogP contribution in [-0.4, -0.2) is 11.7 Å². The first-order valence-electron chi connectivity index (χ1n) is 6.11. The molecule has 2 aromatic rings. The van der Waals surface area contributed by atoms with E-state index in [1.54, 1.807) is 0 Å². The zero-order valence-corrected chi connectivity index (χ0v) is 14.1. The maximum atomic E-state index is 13.0. The number of hydrogen-bond acceptors (Lipinski definition) is 2. The molecule has 0 aliphatic carbocycles. The van der Waals surface area contributed by atoms with Gasteiger partial charge in [0.25, 0.3) is 0 Å². The number of benzene rings is 2. The summed E-state index contributed by atoms with van der Waals surface area (Å²) in [5, 5.41) is 3.42. The van der Waals surface area contributed by atoms with Gasteiger partial charge in [-0.25, -0.2) is 4.39 Å². The summed E-state index contributed by atoms with van der Waals surface area (Å²) in [6, 6.07) is 11.7. The summed E-state index contributed by atoms with van der Waals surface area (Å²) in [6.07, 6.45) is 0. The van der Waals surface area contributed by atoms with Crippen LogP contribution in [0.5, 0.6) is 0 Å². The van der Waals surface area contributed by atoms with E-state index in [9.17, 15) is 9.18 Å². The van der Waals surface area contributed by atoms with Gasteiger partial charge in [-0.3, -0.25) is 4.79 Å². The molecule has 2 aromatic carbocycles. The van der Waals surface area contributed by atoms with Crippen LogP contribution in [0.1, 0.15) is 5.56 Å². The second kappa shape index (κ2) is 7.82. The molecular weight excluding hydrogens is 377 g/mol. The molecule has 21 heavy (non-hydrogen) atoms. The van der Waals surface area contributed by atoms with Crippen molar-refractivity contribution in [3.63, 3.8) is 0 Å². The average molecular weight is 389 g/mol. The minimum atomic E-state index is -0.352. The van der Waals surface area contributed by atoms with E-state index >= 15 is 0 Å². The normalized spacial score (nSPS) is 10.4. The number of halogens is 3. The molecule has 0 saturated heterocycles. The molecule has 0 radical (unpaired) electrons. The maximum absolute atomic E-state index is 13.0. The maximum Gasteiger partial charge on any atom is 0.234 e. The van der Waals surface area contributed by atoms with Crippen LogP contribution >= 0.6 is 39.3 Å². The molecule has 1 N–H and O–H groups in total. The minimum absolute atomic E-state index is 0.130. The monoisotopic (exact) mass is 387 g/mol. The van der Waals surface area contributed by atoms with Crippen LogP contribution in [0, 0.1) is 5.82 Å². The Bertz CT molecular complexity index is 653. The molecule has 6 heteroatoms. The number of carbonyl (C=O) groups excluding carboxylic acids is 1. The van der Waals surface area contributed by atoms with Crippen molar-refractivity contribution in [1.82, 2.24) is 0 Å². The van der Waals surface area contributed by atoms with Gasteiger partial charge in [-0.15, -0.1) is 11.8 Å². The van der Waals surface area contributed by atoms with E-state index < -0.39 is 0 Å². The van der Waals surface area contributed by atoms with Crippen molar-refractivity contribution in [2.24, 2.45) is 0 Å². The zero-order chi connectivity index (χ0) is 15.2. The quantitative estimate of drug-likeness (QED) is 0.771. The van der Waals surface area contributed by atoms with E-state index in [2.05, 4.69) is 21.2 Å². The minimum Gasteiger partial charge on any atom is -0.324 e. The second-order valence-corrected chi connectivity index (χ2v) is 6.57. The van der Waals surface area contributed by atoms with Crippen LogP contribution < -0.4 is 5.32 Å². The standard InChI is InChI=1S/C15H12BrClFNOS/c16-13-7-12(18)4-5-14(13)19-15(20)9-21-8-10-2-1-3-11(17)6-10/h1-7H,8-9H2,(H,19,20). The van der Waals surface area contributed by atoms with Crippen molar-refractivity contribution in [2.45, 2.75) is 5.75 Å². The topological polar surface area (TPSA) is 29.1 Å². The van der Waals surface area contributed by atoms with Gasteiger partial charge in [0.1, 0.15) is 5.82 Å². The summed E-state index contributed by atoms with van der Waals surface area (Å²) in [6.45, 7) is 0. The van der Waals surface area contributed by atoms with Crippen molar-refractivity contribution < 1.29 is 9.18 Å². The molecule has 0 fully saturated rings. The summed E-state index contributed by atoms with van der Waals surface area (Å²) >= 11 is 10.6. The molecular formula is C15H12BrClFNOS. The molecule has 0 saturated carbocycles. The highest BCUT2D eigenvalue weighted by Gasteiger charge is 2.07. The van der Waals surface area contributed by atoms with E-state index in [1.165, 1.54) is 30.0 Å². The van der Waals surface area contributed by atoms with Crippen molar-refractivity contribution in [1.29, 1.82) is 0 Å². The molecule has 2 rings (SSSR count).